The molecular formula is C26H34N4OS. The van der Waals surface area contributed by atoms with Crippen LogP contribution >= 0.6 is 11.8 Å². The van der Waals surface area contributed by atoms with Gasteiger partial charge in [-0.05, 0) is 36.7 Å². The predicted molar refractivity (Wildman–Crippen MR) is 132 cm³/mol. The number of hydrogen-bond acceptors (Lipinski definition) is 4. The highest BCUT2D eigenvalue weighted by Crippen LogP contribution is 2.49. The van der Waals surface area contributed by atoms with Gasteiger partial charge in [0.2, 0.25) is 5.78 Å². The summed E-state index contributed by atoms with van der Waals surface area (Å²) in [6.07, 6.45) is 6.81. The smallest absolute Gasteiger partial charge is 0.265 e. The van der Waals surface area contributed by atoms with Crippen molar-refractivity contribution >= 4 is 17.5 Å². The molecule has 0 unspecified atom stereocenters. The minimum absolute atomic E-state index is 0.0732. The molecule has 2 aliphatic rings. The van der Waals surface area contributed by atoms with E-state index in [1.807, 2.05) is 4.40 Å². The second kappa shape index (κ2) is 8.36. The van der Waals surface area contributed by atoms with E-state index in [4.69, 9.17) is 0 Å². The molecule has 32 heavy (non-hydrogen) atoms. The molecule has 0 amide bonds. The first-order chi connectivity index (χ1) is 15.4. The largest absolute Gasteiger partial charge is 0.309 e. The van der Waals surface area contributed by atoms with E-state index >= 15 is 0 Å². The van der Waals surface area contributed by atoms with Crippen molar-refractivity contribution in [3.63, 3.8) is 0 Å². The van der Waals surface area contributed by atoms with E-state index < -0.39 is 0 Å². The fourth-order valence-electron chi connectivity index (χ4n) is 5.71. The molecule has 170 valence electrons. The Labute approximate surface area is 194 Å². The van der Waals surface area contributed by atoms with Crippen LogP contribution < -0.4 is 5.56 Å². The molecular weight excluding hydrogens is 416 g/mol. The summed E-state index contributed by atoms with van der Waals surface area (Å²) in [5.41, 5.74) is 4.75. The molecule has 0 saturated heterocycles. The number of thioether (sulfide) groups is 1. The Balaban J connectivity index is 1.86. The third-order valence-corrected chi connectivity index (χ3v) is 8.37. The van der Waals surface area contributed by atoms with Gasteiger partial charge in [0.25, 0.3) is 5.56 Å². The molecule has 0 radical (unpaired) electrons. The lowest BCUT2D eigenvalue weighted by Crippen LogP contribution is -2.43. The first-order valence-corrected chi connectivity index (χ1v) is 13.1. The molecule has 1 aromatic carbocycles. The number of benzene rings is 1. The van der Waals surface area contributed by atoms with Crippen LogP contribution in [0.15, 0.2) is 34.2 Å². The van der Waals surface area contributed by atoms with Crippen molar-refractivity contribution in [3.05, 3.63) is 45.7 Å². The van der Waals surface area contributed by atoms with Crippen molar-refractivity contribution in [2.75, 3.05) is 5.75 Å². The molecule has 3 aromatic rings. The minimum atomic E-state index is -0.0732. The molecule has 5 nitrogen and oxygen atoms in total. The predicted octanol–water partition coefficient (Wildman–Crippen LogP) is 5.72. The Morgan fingerprint density at radius 3 is 2.50 bits per heavy atom. The number of nitrogens with zero attached hydrogens (tertiary/aromatic N) is 4. The van der Waals surface area contributed by atoms with E-state index in [1.165, 1.54) is 30.4 Å². The lowest BCUT2D eigenvalue weighted by Gasteiger charge is -2.43. The molecule has 2 aromatic heterocycles. The maximum Gasteiger partial charge on any atom is 0.265 e. The quantitative estimate of drug-likeness (QED) is 0.467. The lowest BCUT2D eigenvalue weighted by atomic mass is 9.62. The van der Waals surface area contributed by atoms with E-state index in [-0.39, 0.29) is 11.0 Å². The summed E-state index contributed by atoms with van der Waals surface area (Å²) in [4.78, 5) is 14.3. The summed E-state index contributed by atoms with van der Waals surface area (Å²) in [5, 5.41) is 9.83. The average Bonchev–Trinajstić information content (AvgIpc) is 3.19. The Kier molecular flexibility index (Phi) is 5.68. The summed E-state index contributed by atoms with van der Waals surface area (Å²) in [6.45, 7) is 9.68. The maximum atomic E-state index is 14.3. The molecule has 2 aliphatic carbocycles. The van der Waals surface area contributed by atoms with Gasteiger partial charge < -0.3 is 4.57 Å². The second-order valence-electron chi connectivity index (χ2n) is 10.5. The van der Waals surface area contributed by atoms with Crippen LogP contribution in [0.5, 0.6) is 0 Å². The normalized spacial score (nSPS) is 17.3. The van der Waals surface area contributed by atoms with Gasteiger partial charge in [0.15, 0.2) is 5.16 Å². The van der Waals surface area contributed by atoms with Gasteiger partial charge in [-0.1, -0.05) is 83.0 Å². The summed E-state index contributed by atoms with van der Waals surface area (Å²) in [6, 6.07) is 8.70. The second-order valence-corrected chi connectivity index (χ2v) is 11.5. The molecule has 0 aliphatic heterocycles. The Morgan fingerprint density at radius 2 is 1.78 bits per heavy atom. The van der Waals surface area contributed by atoms with Crippen LogP contribution in [0.2, 0.25) is 0 Å². The topological polar surface area (TPSA) is 52.2 Å². The van der Waals surface area contributed by atoms with Crippen LogP contribution in [0.3, 0.4) is 0 Å². The van der Waals surface area contributed by atoms with Gasteiger partial charge in [0.05, 0.1) is 5.69 Å². The van der Waals surface area contributed by atoms with Crippen molar-refractivity contribution < 1.29 is 0 Å². The number of aromatic nitrogens is 4. The van der Waals surface area contributed by atoms with Gasteiger partial charge in [-0.25, -0.2) is 4.40 Å². The molecule has 6 heteroatoms. The monoisotopic (exact) mass is 450 g/mol. The van der Waals surface area contributed by atoms with Crippen molar-refractivity contribution in [3.8, 4) is 11.3 Å². The fourth-order valence-corrected chi connectivity index (χ4v) is 6.58. The van der Waals surface area contributed by atoms with E-state index in [0.29, 0.717) is 17.6 Å². The summed E-state index contributed by atoms with van der Waals surface area (Å²) < 4.78 is 4.14. The van der Waals surface area contributed by atoms with Crippen LogP contribution in [0.4, 0.5) is 0 Å². The molecule has 0 atom stereocenters. The van der Waals surface area contributed by atoms with Gasteiger partial charge in [0, 0.05) is 28.8 Å². The van der Waals surface area contributed by atoms with Crippen molar-refractivity contribution in [2.45, 2.75) is 83.3 Å². The zero-order valence-corrected chi connectivity index (χ0v) is 20.5. The Bertz CT molecular complexity index is 1200. The van der Waals surface area contributed by atoms with E-state index in [9.17, 15) is 4.79 Å². The maximum absolute atomic E-state index is 14.3. The van der Waals surface area contributed by atoms with Crippen LogP contribution in [0.1, 0.15) is 70.9 Å². The van der Waals surface area contributed by atoms with E-state index in [0.717, 1.165) is 48.0 Å². The first-order valence-electron chi connectivity index (χ1n) is 12.1. The summed E-state index contributed by atoms with van der Waals surface area (Å²) >= 11 is 1.65. The van der Waals surface area contributed by atoms with E-state index in [2.05, 4.69) is 66.7 Å². The van der Waals surface area contributed by atoms with Crippen LogP contribution in [0, 0.1) is 11.8 Å². The van der Waals surface area contributed by atoms with Crippen LogP contribution in [-0.2, 0) is 18.4 Å². The average molecular weight is 451 g/mol. The Hall–Kier alpha value is -2.08. The minimum Gasteiger partial charge on any atom is -0.309 e. The summed E-state index contributed by atoms with van der Waals surface area (Å²) in [5.74, 6) is 2.58. The van der Waals surface area contributed by atoms with Gasteiger partial charge in [0.1, 0.15) is 0 Å². The highest BCUT2D eigenvalue weighted by atomic mass is 32.2. The molecule has 0 N–H and O–H groups in total. The number of fused-ring (bicyclic) bond motifs is 5. The lowest BCUT2D eigenvalue weighted by molar-refractivity contribution is 0.283. The highest BCUT2D eigenvalue weighted by molar-refractivity contribution is 7.99. The van der Waals surface area contributed by atoms with Crippen LogP contribution in [-0.4, -0.2) is 24.9 Å². The van der Waals surface area contributed by atoms with Gasteiger partial charge in [-0.3, -0.25) is 4.79 Å². The van der Waals surface area contributed by atoms with Crippen molar-refractivity contribution in [1.29, 1.82) is 0 Å². The van der Waals surface area contributed by atoms with Gasteiger partial charge in [-0.15, -0.1) is 10.2 Å². The first kappa shape index (κ1) is 21.7. The van der Waals surface area contributed by atoms with Gasteiger partial charge >= 0.3 is 0 Å². The Morgan fingerprint density at radius 1 is 1.03 bits per heavy atom. The number of rotatable bonds is 5. The SMILES string of the molecule is CC(C)CSc1nnc2n(CC(C)C)c3c(c(=O)n12)C1(CCCCC1)Cc1ccccc1-3. The molecule has 1 spiro atoms. The van der Waals surface area contributed by atoms with Crippen molar-refractivity contribution in [2.24, 2.45) is 11.8 Å². The van der Waals surface area contributed by atoms with Gasteiger partial charge in [-0.2, -0.15) is 0 Å². The van der Waals surface area contributed by atoms with E-state index in [1.54, 1.807) is 11.8 Å². The molecule has 0 bridgehead atoms. The third-order valence-electron chi connectivity index (χ3n) is 7.02. The molecule has 1 fully saturated rings. The molecule has 5 rings (SSSR count). The standard InChI is InChI=1S/C26H34N4OS/c1-17(2)15-29-22-20-11-7-6-10-19(20)14-26(12-8-5-9-13-26)21(22)23(31)30-24(29)27-28-25(30)32-16-18(3)4/h6-7,10-11,17-18H,5,8-9,12-16H2,1-4H3. The fraction of sp³-hybridized carbons (Fsp3) is 0.577. The zero-order valence-electron chi connectivity index (χ0n) is 19.7. The molecule has 1 saturated carbocycles. The zero-order chi connectivity index (χ0) is 22.5. The third kappa shape index (κ3) is 3.51. The number of hydrogen-bond donors (Lipinski definition) is 0. The highest BCUT2D eigenvalue weighted by Gasteiger charge is 2.44. The van der Waals surface area contributed by atoms with Crippen molar-refractivity contribution in [1.82, 2.24) is 19.2 Å². The van der Waals surface area contributed by atoms with Crippen LogP contribution in [0.25, 0.3) is 17.0 Å². The summed E-state index contributed by atoms with van der Waals surface area (Å²) in [7, 11) is 0. The molecule has 2 heterocycles.